The Hall–Kier alpha value is -2.76. The number of carbonyl (C=O) groups excluding carboxylic acids is 3. The summed E-state index contributed by atoms with van der Waals surface area (Å²) in [6.07, 6.45) is -0.571. The molecule has 4 fully saturated rings. The van der Waals surface area contributed by atoms with Crippen LogP contribution in [0.15, 0.2) is 0 Å². The summed E-state index contributed by atoms with van der Waals surface area (Å²) in [4.78, 5) is 52.2. The van der Waals surface area contributed by atoms with Gasteiger partial charge in [-0.2, -0.15) is 0 Å². The predicted molar refractivity (Wildman–Crippen MR) is 365 cm³/mol. The molecule has 4 saturated heterocycles. The number of amides is 2. The molecule has 0 aromatic heterocycles. The van der Waals surface area contributed by atoms with Gasteiger partial charge >= 0.3 is 5.97 Å². The minimum atomic E-state index is -3.26. The second kappa shape index (κ2) is 49.9. The molecule has 2 amide bonds. The van der Waals surface area contributed by atoms with Gasteiger partial charge in [-0.15, -0.1) is 0 Å². The molecule has 0 aromatic rings. The Morgan fingerprint density at radius 3 is 1.42 bits per heavy atom. The number of aliphatic hydroxyl groups is 13. The van der Waals surface area contributed by atoms with Gasteiger partial charge in [-0.3, -0.25) is 9.59 Å². The van der Waals surface area contributed by atoms with Crippen LogP contribution >= 0.6 is 0 Å². The molecule has 0 aromatic carbocycles. The number of Topliss-reactive ketones (excluding diaryl/α,β-unsaturated/α-hetero) is 1. The van der Waals surface area contributed by atoms with E-state index in [4.69, 9.17) is 37.9 Å². The van der Waals surface area contributed by atoms with E-state index in [9.17, 15) is 90.7 Å². The number of carboxylic acid groups (broad SMARTS) is 1. The fraction of sp³-hybridized carbons (Fsp3) is 0.944. The lowest BCUT2D eigenvalue weighted by molar-refractivity contribution is -0.403. The number of hydrogen-bond donors (Lipinski definition) is 16. The summed E-state index contributed by atoms with van der Waals surface area (Å²) >= 11 is 0. The maximum atomic E-state index is 13.6. The average Bonchev–Trinajstić information content (AvgIpc) is 0.750. The molecular formula is C72H132N2O26. The Balaban J connectivity index is 1.49. The normalized spacial score (nSPS) is 31.5. The highest BCUT2D eigenvalue weighted by Gasteiger charge is 2.61. The van der Waals surface area contributed by atoms with Crippen molar-refractivity contribution >= 4 is 23.6 Å². The lowest BCUT2D eigenvalue weighted by atomic mass is 9.87. The number of hydrogen-bond acceptors (Lipinski definition) is 25. The maximum absolute atomic E-state index is 13.6. The zero-order valence-corrected chi connectivity index (χ0v) is 60.4. The zero-order chi connectivity index (χ0) is 73.6. The predicted octanol–water partition coefficient (Wildman–Crippen LogP) is 4.01. The molecule has 16 N–H and O–H groups in total. The second-order valence-electron chi connectivity index (χ2n) is 28.6. The third-order valence-corrected chi connectivity index (χ3v) is 20.1. The van der Waals surface area contributed by atoms with Crippen molar-refractivity contribution in [1.82, 2.24) is 10.6 Å². The Morgan fingerprint density at radius 2 is 0.960 bits per heavy atom. The lowest BCUT2D eigenvalue weighted by Gasteiger charge is -2.52. The van der Waals surface area contributed by atoms with E-state index in [0.717, 1.165) is 65.2 Å². The molecule has 4 aliphatic heterocycles. The van der Waals surface area contributed by atoms with E-state index in [1.165, 1.54) is 141 Å². The van der Waals surface area contributed by atoms with Crippen LogP contribution in [0.1, 0.15) is 259 Å². The summed E-state index contributed by atoms with van der Waals surface area (Å²) in [6.45, 7) is 2.02. The molecule has 23 atom stereocenters. The average molecular weight is 1440 g/mol. The minimum Gasteiger partial charge on any atom is -0.477 e. The molecule has 4 heterocycles. The number of carbonyl (C=O) groups is 4. The number of nitrogens with one attached hydrogen (secondary N) is 2. The molecule has 0 aliphatic carbocycles. The van der Waals surface area contributed by atoms with Crippen LogP contribution in [0, 0.1) is 5.92 Å². The summed E-state index contributed by atoms with van der Waals surface area (Å²) in [5, 5.41) is 161. The molecule has 4 aliphatic rings. The van der Waals surface area contributed by atoms with E-state index >= 15 is 0 Å². The standard InChI is InChI=1S/C72H132N2O26/c1-5-7-9-11-13-15-17-19-20-21-22-23-24-26-28-30-32-34-36-38-56(84)74-49(50(81)37-35-33-31-29-27-25-18-16-14-12-10-8-6-2)45-93-69-62(89)61(88)64(54(43-77)95-69)97-70-63(90)67(65(55(44-78)96-70)98-68-48(39-46(3)79)58(85)60(87)53(42-76)94-68)100-72(71(91)92)40-51(82)57(73-47(4)80)66(99-72)59(86)52(83)41-75/h48-55,57-70,75-78,81-83,85-90H,5-45H2,1-4H3,(H,73,80)(H,74,84)(H,91,92)/t48-,49+,50-,51+,52-,53-,54-,55-,57-,58-,59-,60+,61-,62-,63-,64-,65+,66?,67-,68+,69-,70+,72+/m1/s1. The number of carboxylic acids is 1. The summed E-state index contributed by atoms with van der Waals surface area (Å²) in [5.41, 5.74) is 0. The number of unbranched alkanes of at least 4 members (excludes halogenated alkanes) is 30. The summed E-state index contributed by atoms with van der Waals surface area (Å²) < 4.78 is 48.2. The van der Waals surface area contributed by atoms with Gasteiger partial charge in [-0.25, -0.2) is 4.79 Å². The van der Waals surface area contributed by atoms with Gasteiger partial charge < -0.3 is 125 Å². The van der Waals surface area contributed by atoms with Gasteiger partial charge in [0.1, 0.15) is 85.1 Å². The Labute approximate surface area is 592 Å². The highest BCUT2D eigenvalue weighted by Crippen LogP contribution is 2.41. The SMILES string of the molecule is CCCCCCCCCCCCCCCCCCCCCC(=O)N[C@@H](CO[C@@H]1O[C@H](CO)[C@@H](O[C@@H]2O[C@H](CO)[C@H](O[C@@H]3O[C@H](CO)[C@H](O)[C@H](O)[C@H]3CC(C)=O)[C@H](O[C@]3(C(=O)O)C[C@H](O)[C@@H](NC(C)=O)C([C@H](O)[C@H](O)CO)O3)[C@H]2O)[C@H](O)[C@H]1O)[C@H](O)CCCCCCCCCCCCCCC. The molecular weight excluding hydrogens is 1310 g/mol. The van der Waals surface area contributed by atoms with Crippen molar-refractivity contribution in [2.75, 3.05) is 33.0 Å². The molecule has 0 bridgehead atoms. The van der Waals surface area contributed by atoms with Crippen molar-refractivity contribution in [3.05, 3.63) is 0 Å². The Bertz CT molecular complexity index is 2190. The smallest absolute Gasteiger partial charge is 0.364 e. The summed E-state index contributed by atoms with van der Waals surface area (Å²) in [6, 6.07) is -2.70. The van der Waals surface area contributed by atoms with Crippen molar-refractivity contribution in [2.45, 2.75) is 393 Å². The summed E-state index contributed by atoms with van der Waals surface area (Å²) in [7, 11) is 0. The molecule has 0 saturated carbocycles. The molecule has 586 valence electrons. The van der Waals surface area contributed by atoms with Gasteiger partial charge in [0.2, 0.25) is 11.8 Å². The van der Waals surface area contributed by atoms with E-state index in [1.807, 2.05) is 0 Å². The first-order chi connectivity index (χ1) is 48.0. The maximum Gasteiger partial charge on any atom is 0.364 e. The number of aliphatic hydroxyl groups excluding tert-OH is 13. The van der Waals surface area contributed by atoms with Gasteiger partial charge in [0, 0.05) is 32.1 Å². The van der Waals surface area contributed by atoms with Crippen LogP contribution < -0.4 is 10.6 Å². The van der Waals surface area contributed by atoms with E-state index in [2.05, 4.69) is 24.5 Å². The van der Waals surface area contributed by atoms with Crippen molar-refractivity contribution in [3.63, 3.8) is 0 Å². The van der Waals surface area contributed by atoms with Crippen molar-refractivity contribution < 1.29 is 129 Å². The van der Waals surface area contributed by atoms with Crippen LogP contribution in [0.3, 0.4) is 0 Å². The molecule has 28 nitrogen and oxygen atoms in total. The number of ether oxygens (including phenoxy) is 8. The number of rotatable bonds is 55. The quantitative estimate of drug-likeness (QED) is 0.0382. The fourth-order valence-corrected chi connectivity index (χ4v) is 14.1. The van der Waals surface area contributed by atoms with Gasteiger partial charge in [-0.1, -0.05) is 213 Å². The van der Waals surface area contributed by atoms with Gasteiger partial charge in [-0.05, 0) is 19.8 Å². The fourth-order valence-electron chi connectivity index (χ4n) is 14.1. The zero-order valence-electron chi connectivity index (χ0n) is 60.4. The van der Waals surface area contributed by atoms with Crippen LogP contribution in [0.25, 0.3) is 0 Å². The minimum absolute atomic E-state index is 0.189. The van der Waals surface area contributed by atoms with Crippen LogP contribution in [0.5, 0.6) is 0 Å². The molecule has 0 spiro atoms. The lowest BCUT2D eigenvalue weighted by Crippen LogP contribution is -2.71. The van der Waals surface area contributed by atoms with E-state index in [1.54, 1.807) is 0 Å². The van der Waals surface area contributed by atoms with E-state index in [-0.39, 0.29) is 12.3 Å². The third-order valence-electron chi connectivity index (χ3n) is 20.1. The van der Waals surface area contributed by atoms with Crippen LogP contribution in [-0.4, -0.2) is 262 Å². The van der Waals surface area contributed by atoms with Gasteiger partial charge in [0.15, 0.2) is 18.9 Å². The molecule has 1 unspecified atom stereocenters. The number of aliphatic carboxylic acids is 1. The van der Waals surface area contributed by atoms with Gasteiger partial charge in [0.25, 0.3) is 5.79 Å². The van der Waals surface area contributed by atoms with E-state index < -0.39 is 204 Å². The van der Waals surface area contributed by atoms with Gasteiger partial charge in [0.05, 0.1) is 63.4 Å². The molecule has 0 radical (unpaired) electrons. The monoisotopic (exact) mass is 1440 g/mol. The van der Waals surface area contributed by atoms with Crippen molar-refractivity contribution in [2.24, 2.45) is 5.92 Å². The second-order valence-corrected chi connectivity index (χ2v) is 28.6. The first-order valence-corrected chi connectivity index (χ1v) is 38.1. The molecule has 28 heteroatoms. The van der Waals surface area contributed by atoms with Crippen LogP contribution in [-0.2, 0) is 57.1 Å². The first kappa shape index (κ1) is 89.6. The Morgan fingerprint density at radius 1 is 0.510 bits per heavy atom. The highest BCUT2D eigenvalue weighted by molar-refractivity contribution is 5.77. The molecule has 100 heavy (non-hydrogen) atoms. The van der Waals surface area contributed by atoms with Crippen LogP contribution in [0.2, 0.25) is 0 Å². The van der Waals surface area contributed by atoms with Crippen molar-refractivity contribution in [1.29, 1.82) is 0 Å². The topological polar surface area (TPSA) is 449 Å². The summed E-state index contributed by atoms with van der Waals surface area (Å²) in [5.74, 6) is -8.50. The van der Waals surface area contributed by atoms with E-state index in [0.29, 0.717) is 19.3 Å². The largest absolute Gasteiger partial charge is 0.477 e. The highest BCUT2D eigenvalue weighted by atomic mass is 16.8. The van der Waals surface area contributed by atoms with Crippen LogP contribution in [0.4, 0.5) is 0 Å². The van der Waals surface area contributed by atoms with Crippen molar-refractivity contribution in [3.8, 4) is 0 Å². The Kier molecular flexibility index (Phi) is 44.7. The third kappa shape index (κ3) is 30.2. The first-order valence-electron chi connectivity index (χ1n) is 38.1. The number of ketones is 1. The molecule has 4 rings (SSSR count).